The minimum Gasteiger partial charge on any atom is -0.497 e. The van der Waals surface area contributed by atoms with Gasteiger partial charge < -0.3 is 9.47 Å². The van der Waals surface area contributed by atoms with Gasteiger partial charge in [0.25, 0.3) is 0 Å². The molecule has 1 aliphatic rings. The molecule has 0 unspecified atom stereocenters. The average molecular weight is 274 g/mol. The lowest BCUT2D eigenvalue weighted by atomic mass is 9.99. The van der Waals surface area contributed by atoms with Gasteiger partial charge in [0.05, 0.1) is 13.7 Å². The first kappa shape index (κ1) is 13.1. The molecule has 0 bridgehead atoms. The number of aromatic nitrogens is 4. The van der Waals surface area contributed by atoms with Crippen molar-refractivity contribution in [2.24, 2.45) is 0 Å². The molecule has 1 aromatic carbocycles. The molecular formula is C14H18N4O2. The van der Waals surface area contributed by atoms with Crippen molar-refractivity contribution in [3.63, 3.8) is 0 Å². The van der Waals surface area contributed by atoms with E-state index in [1.807, 2.05) is 28.9 Å². The summed E-state index contributed by atoms with van der Waals surface area (Å²) in [5.41, 5.74) is 1.16. The summed E-state index contributed by atoms with van der Waals surface area (Å²) in [5.74, 6) is 2.22. The fourth-order valence-electron chi connectivity index (χ4n) is 2.48. The van der Waals surface area contributed by atoms with Gasteiger partial charge in [-0.15, -0.1) is 5.10 Å². The summed E-state index contributed by atoms with van der Waals surface area (Å²) in [6.45, 7) is 2.27. The molecule has 6 heteroatoms. The van der Waals surface area contributed by atoms with Crippen LogP contribution in [0.25, 0.3) is 0 Å². The van der Waals surface area contributed by atoms with Crippen LogP contribution in [0.15, 0.2) is 24.3 Å². The Labute approximate surface area is 117 Å². The first-order chi connectivity index (χ1) is 9.86. The Morgan fingerprint density at radius 3 is 2.70 bits per heavy atom. The molecule has 106 valence electrons. The topological polar surface area (TPSA) is 62.1 Å². The fraction of sp³-hybridized carbons (Fsp3) is 0.500. The van der Waals surface area contributed by atoms with Crippen molar-refractivity contribution in [3.8, 4) is 5.75 Å². The molecule has 1 fully saturated rings. The molecule has 0 radical (unpaired) electrons. The molecule has 6 nitrogen and oxygen atoms in total. The Hall–Kier alpha value is -1.95. The SMILES string of the molecule is COc1ccc(Cn2nnnc2C2CCOCC2)cc1. The molecule has 2 heterocycles. The second-order valence-electron chi connectivity index (χ2n) is 4.93. The van der Waals surface area contributed by atoms with E-state index in [-0.39, 0.29) is 0 Å². The lowest BCUT2D eigenvalue weighted by Crippen LogP contribution is -2.19. The van der Waals surface area contributed by atoms with Crippen molar-refractivity contribution in [1.82, 2.24) is 20.2 Å². The van der Waals surface area contributed by atoms with Gasteiger partial charge in [-0.25, -0.2) is 4.68 Å². The molecule has 20 heavy (non-hydrogen) atoms. The van der Waals surface area contributed by atoms with Gasteiger partial charge in [-0.1, -0.05) is 12.1 Å². The zero-order valence-electron chi connectivity index (χ0n) is 11.5. The summed E-state index contributed by atoms with van der Waals surface area (Å²) in [6.07, 6.45) is 1.98. The van der Waals surface area contributed by atoms with Crippen LogP contribution in [0.3, 0.4) is 0 Å². The molecule has 0 N–H and O–H groups in total. The van der Waals surface area contributed by atoms with E-state index < -0.39 is 0 Å². The van der Waals surface area contributed by atoms with E-state index in [2.05, 4.69) is 15.5 Å². The molecule has 0 spiro atoms. The highest BCUT2D eigenvalue weighted by Gasteiger charge is 2.22. The van der Waals surface area contributed by atoms with Crippen molar-refractivity contribution < 1.29 is 9.47 Å². The molecule has 0 atom stereocenters. The van der Waals surface area contributed by atoms with E-state index in [9.17, 15) is 0 Å². The number of methoxy groups -OCH3 is 1. The first-order valence-electron chi connectivity index (χ1n) is 6.83. The third kappa shape index (κ3) is 2.80. The Morgan fingerprint density at radius 2 is 2.00 bits per heavy atom. The number of tetrazole rings is 1. The molecule has 0 amide bonds. The van der Waals surface area contributed by atoms with E-state index in [4.69, 9.17) is 9.47 Å². The van der Waals surface area contributed by atoms with Gasteiger partial charge in [-0.05, 0) is 41.0 Å². The normalized spacial score (nSPS) is 16.2. The van der Waals surface area contributed by atoms with Crippen molar-refractivity contribution in [2.75, 3.05) is 20.3 Å². The maximum atomic E-state index is 5.39. The van der Waals surface area contributed by atoms with Crippen LogP contribution in [-0.2, 0) is 11.3 Å². The second-order valence-corrected chi connectivity index (χ2v) is 4.93. The lowest BCUT2D eigenvalue weighted by Gasteiger charge is -2.21. The molecule has 0 saturated carbocycles. The smallest absolute Gasteiger partial charge is 0.154 e. The van der Waals surface area contributed by atoms with Crippen LogP contribution >= 0.6 is 0 Å². The van der Waals surface area contributed by atoms with Gasteiger partial charge in [-0.3, -0.25) is 0 Å². The Morgan fingerprint density at radius 1 is 1.25 bits per heavy atom. The van der Waals surface area contributed by atoms with Crippen LogP contribution in [0.5, 0.6) is 5.75 Å². The van der Waals surface area contributed by atoms with Crippen molar-refractivity contribution in [2.45, 2.75) is 25.3 Å². The van der Waals surface area contributed by atoms with E-state index in [0.717, 1.165) is 43.2 Å². The molecule has 1 aliphatic heterocycles. The number of hydrogen-bond acceptors (Lipinski definition) is 5. The predicted molar refractivity (Wildman–Crippen MR) is 72.7 cm³/mol. The Balaban J connectivity index is 1.75. The van der Waals surface area contributed by atoms with Gasteiger partial charge in [0.15, 0.2) is 5.82 Å². The fourth-order valence-corrected chi connectivity index (χ4v) is 2.48. The Bertz CT molecular complexity index is 547. The van der Waals surface area contributed by atoms with Crippen LogP contribution in [0.1, 0.15) is 30.1 Å². The molecule has 2 aromatic rings. The minimum absolute atomic E-state index is 0.400. The van der Waals surface area contributed by atoms with Crippen LogP contribution < -0.4 is 4.74 Å². The van der Waals surface area contributed by atoms with E-state index in [1.54, 1.807) is 7.11 Å². The van der Waals surface area contributed by atoms with Gasteiger partial charge in [0.2, 0.25) is 0 Å². The van der Waals surface area contributed by atoms with E-state index >= 15 is 0 Å². The van der Waals surface area contributed by atoms with Crippen LogP contribution in [-0.4, -0.2) is 40.5 Å². The third-order valence-electron chi connectivity index (χ3n) is 3.64. The largest absolute Gasteiger partial charge is 0.497 e. The summed E-state index contributed by atoms with van der Waals surface area (Å²) in [4.78, 5) is 0. The second kappa shape index (κ2) is 6.00. The van der Waals surface area contributed by atoms with Crippen molar-refractivity contribution in [1.29, 1.82) is 0 Å². The summed E-state index contributed by atoms with van der Waals surface area (Å²) in [7, 11) is 1.67. The third-order valence-corrected chi connectivity index (χ3v) is 3.64. The lowest BCUT2D eigenvalue weighted by molar-refractivity contribution is 0.0826. The summed E-state index contributed by atoms with van der Waals surface area (Å²) < 4.78 is 12.4. The van der Waals surface area contributed by atoms with E-state index in [1.165, 1.54) is 0 Å². The summed E-state index contributed by atoms with van der Waals surface area (Å²) >= 11 is 0. The van der Waals surface area contributed by atoms with Crippen molar-refractivity contribution >= 4 is 0 Å². The maximum absolute atomic E-state index is 5.39. The van der Waals surface area contributed by atoms with Gasteiger partial charge in [-0.2, -0.15) is 0 Å². The zero-order chi connectivity index (χ0) is 13.8. The number of rotatable bonds is 4. The number of nitrogens with zero attached hydrogens (tertiary/aromatic N) is 4. The average Bonchev–Trinajstić information content (AvgIpc) is 2.97. The van der Waals surface area contributed by atoms with Crippen molar-refractivity contribution in [3.05, 3.63) is 35.7 Å². The molecule has 1 aromatic heterocycles. The predicted octanol–water partition coefficient (Wildman–Crippen LogP) is 1.62. The van der Waals surface area contributed by atoms with Gasteiger partial charge >= 0.3 is 0 Å². The molecule has 3 rings (SSSR count). The number of benzene rings is 1. The maximum Gasteiger partial charge on any atom is 0.154 e. The van der Waals surface area contributed by atoms with Crippen LogP contribution in [0, 0.1) is 0 Å². The summed E-state index contributed by atoms with van der Waals surface area (Å²) in [6, 6.07) is 7.98. The monoisotopic (exact) mass is 274 g/mol. The first-order valence-corrected chi connectivity index (χ1v) is 6.83. The van der Waals surface area contributed by atoms with Gasteiger partial charge in [0.1, 0.15) is 5.75 Å². The van der Waals surface area contributed by atoms with Crippen LogP contribution in [0.2, 0.25) is 0 Å². The van der Waals surface area contributed by atoms with Crippen LogP contribution in [0.4, 0.5) is 0 Å². The highest BCUT2D eigenvalue weighted by atomic mass is 16.5. The van der Waals surface area contributed by atoms with E-state index in [0.29, 0.717) is 12.5 Å². The Kier molecular flexibility index (Phi) is 3.92. The minimum atomic E-state index is 0.400. The highest BCUT2D eigenvalue weighted by Crippen LogP contribution is 2.25. The highest BCUT2D eigenvalue weighted by molar-refractivity contribution is 5.27. The van der Waals surface area contributed by atoms with Gasteiger partial charge in [0, 0.05) is 19.1 Å². The quantitative estimate of drug-likeness (QED) is 0.848. The zero-order valence-corrected chi connectivity index (χ0v) is 11.5. The standard InChI is InChI=1S/C14H18N4O2/c1-19-13-4-2-11(3-5-13)10-18-14(15-16-17-18)12-6-8-20-9-7-12/h2-5,12H,6-10H2,1H3. The number of hydrogen-bond donors (Lipinski definition) is 0. The molecule has 1 saturated heterocycles. The molecule has 0 aliphatic carbocycles. The molecular weight excluding hydrogens is 256 g/mol. The number of ether oxygens (including phenoxy) is 2. The summed E-state index contributed by atoms with van der Waals surface area (Å²) in [5, 5.41) is 12.1.